The van der Waals surface area contributed by atoms with Crippen LogP contribution in [0, 0.1) is 11.8 Å². The second-order valence-electron chi connectivity index (χ2n) is 4.42. The number of hydrazine groups is 1. The molecule has 0 aliphatic heterocycles. The fraction of sp³-hybridized carbons (Fsp3) is 0.900. The van der Waals surface area contributed by atoms with Gasteiger partial charge in [-0.05, 0) is 36.9 Å². The van der Waals surface area contributed by atoms with Crippen LogP contribution in [0.15, 0.2) is 0 Å². The van der Waals surface area contributed by atoms with Crippen molar-refractivity contribution < 1.29 is 0 Å². The van der Waals surface area contributed by atoms with Crippen molar-refractivity contribution >= 4 is 17.3 Å². The molecule has 0 aromatic rings. The second-order valence-corrected chi connectivity index (χ2v) is 4.82. The van der Waals surface area contributed by atoms with Crippen LogP contribution in [0.1, 0.15) is 39.5 Å². The minimum Gasteiger partial charge on any atom is -0.359 e. The van der Waals surface area contributed by atoms with Crippen LogP contribution in [0.5, 0.6) is 0 Å². The van der Waals surface area contributed by atoms with Gasteiger partial charge in [-0.1, -0.05) is 26.7 Å². The fourth-order valence-corrected chi connectivity index (χ4v) is 2.50. The summed E-state index contributed by atoms with van der Waals surface area (Å²) in [6.07, 6.45) is 5.17. The van der Waals surface area contributed by atoms with Crippen molar-refractivity contribution in [2.45, 2.75) is 45.6 Å². The van der Waals surface area contributed by atoms with Gasteiger partial charge in [0.15, 0.2) is 5.11 Å². The summed E-state index contributed by atoms with van der Waals surface area (Å²) in [5.41, 5.74) is 2.49. The lowest BCUT2D eigenvalue weighted by molar-refractivity contribution is 0.224. The fourth-order valence-electron chi connectivity index (χ4n) is 2.35. The van der Waals surface area contributed by atoms with E-state index in [4.69, 9.17) is 18.1 Å². The zero-order valence-corrected chi connectivity index (χ0v) is 9.86. The molecule has 1 rings (SSSR count). The van der Waals surface area contributed by atoms with Crippen molar-refractivity contribution in [3.8, 4) is 0 Å². The van der Waals surface area contributed by atoms with Crippen molar-refractivity contribution in [2.75, 3.05) is 0 Å². The van der Waals surface area contributed by atoms with E-state index in [1.165, 1.54) is 25.7 Å². The predicted molar refractivity (Wildman–Crippen MR) is 63.6 cm³/mol. The summed E-state index contributed by atoms with van der Waals surface area (Å²) in [6.45, 7) is 4.56. The highest BCUT2D eigenvalue weighted by atomic mass is 32.1. The number of thiocarbonyl (C=S) groups is 1. The number of nitrogens with two attached hydrogens (primary N) is 1. The minimum atomic E-state index is 0.507. The lowest BCUT2D eigenvalue weighted by Crippen LogP contribution is -2.49. The SMILES string of the molecule is CC(C)C1CCCCC1NC(=S)NN. The van der Waals surface area contributed by atoms with Gasteiger partial charge in [-0.2, -0.15) is 0 Å². The van der Waals surface area contributed by atoms with E-state index in [2.05, 4.69) is 24.6 Å². The summed E-state index contributed by atoms with van der Waals surface area (Å²) in [4.78, 5) is 0. The zero-order valence-electron chi connectivity index (χ0n) is 9.05. The van der Waals surface area contributed by atoms with Crippen LogP contribution in [0.2, 0.25) is 0 Å². The Morgan fingerprint density at radius 3 is 2.57 bits per heavy atom. The van der Waals surface area contributed by atoms with Crippen LogP contribution in [-0.4, -0.2) is 11.2 Å². The maximum absolute atomic E-state index is 5.26. The number of hydrogen-bond donors (Lipinski definition) is 3. The van der Waals surface area contributed by atoms with Crippen LogP contribution in [0.3, 0.4) is 0 Å². The molecule has 0 saturated heterocycles. The summed E-state index contributed by atoms with van der Waals surface area (Å²) in [7, 11) is 0. The van der Waals surface area contributed by atoms with Crippen molar-refractivity contribution in [1.29, 1.82) is 0 Å². The molecular weight excluding hydrogens is 194 g/mol. The first-order valence-electron chi connectivity index (χ1n) is 5.42. The highest BCUT2D eigenvalue weighted by Crippen LogP contribution is 2.29. The van der Waals surface area contributed by atoms with Gasteiger partial charge in [0, 0.05) is 6.04 Å². The maximum atomic E-state index is 5.26. The summed E-state index contributed by atoms with van der Waals surface area (Å²) >= 11 is 5.03. The average Bonchev–Trinajstić information content (AvgIpc) is 2.18. The van der Waals surface area contributed by atoms with Crippen molar-refractivity contribution in [1.82, 2.24) is 10.7 Å². The lowest BCUT2D eigenvalue weighted by atomic mass is 9.78. The molecule has 82 valence electrons. The Hall–Kier alpha value is -0.350. The molecule has 0 aromatic carbocycles. The molecule has 0 spiro atoms. The molecule has 1 aliphatic rings. The maximum Gasteiger partial charge on any atom is 0.180 e. The third-order valence-electron chi connectivity index (χ3n) is 3.12. The molecule has 2 atom stereocenters. The Labute approximate surface area is 91.8 Å². The molecule has 1 aliphatic carbocycles. The number of rotatable bonds is 2. The molecule has 1 saturated carbocycles. The molecule has 0 heterocycles. The molecule has 3 nitrogen and oxygen atoms in total. The quantitative estimate of drug-likeness (QED) is 0.371. The summed E-state index contributed by atoms with van der Waals surface area (Å²) in [6, 6.07) is 0.507. The highest BCUT2D eigenvalue weighted by molar-refractivity contribution is 7.80. The molecular formula is C10H21N3S. The largest absolute Gasteiger partial charge is 0.359 e. The smallest absolute Gasteiger partial charge is 0.180 e. The van der Waals surface area contributed by atoms with Crippen molar-refractivity contribution in [2.24, 2.45) is 17.7 Å². The Morgan fingerprint density at radius 1 is 1.36 bits per heavy atom. The molecule has 14 heavy (non-hydrogen) atoms. The molecule has 4 N–H and O–H groups in total. The van der Waals surface area contributed by atoms with E-state index in [1.54, 1.807) is 0 Å². The summed E-state index contributed by atoms with van der Waals surface area (Å²) < 4.78 is 0. The summed E-state index contributed by atoms with van der Waals surface area (Å²) in [5, 5.41) is 3.87. The Morgan fingerprint density at radius 2 is 2.00 bits per heavy atom. The topological polar surface area (TPSA) is 50.1 Å². The van der Waals surface area contributed by atoms with Crippen LogP contribution in [0.4, 0.5) is 0 Å². The normalized spacial score (nSPS) is 27.4. The molecule has 0 radical (unpaired) electrons. The Kier molecular flexibility index (Phi) is 4.62. The Balaban J connectivity index is 2.49. The molecule has 1 fully saturated rings. The number of nitrogens with one attached hydrogen (secondary N) is 2. The van der Waals surface area contributed by atoms with Gasteiger partial charge >= 0.3 is 0 Å². The van der Waals surface area contributed by atoms with E-state index in [0.29, 0.717) is 17.1 Å². The molecule has 2 unspecified atom stereocenters. The predicted octanol–water partition coefficient (Wildman–Crippen LogP) is 1.54. The van der Waals surface area contributed by atoms with Gasteiger partial charge < -0.3 is 10.7 Å². The van der Waals surface area contributed by atoms with Gasteiger partial charge in [-0.25, -0.2) is 5.84 Å². The lowest BCUT2D eigenvalue weighted by Gasteiger charge is -2.35. The van der Waals surface area contributed by atoms with E-state index in [0.717, 1.165) is 5.92 Å². The van der Waals surface area contributed by atoms with E-state index in [1.807, 2.05) is 0 Å². The average molecular weight is 215 g/mol. The molecule has 0 aromatic heterocycles. The first-order valence-corrected chi connectivity index (χ1v) is 5.83. The van der Waals surface area contributed by atoms with Gasteiger partial charge in [0.05, 0.1) is 0 Å². The third kappa shape index (κ3) is 3.10. The van der Waals surface area contributed by atoms with Crippen LogP contribution < -0.4 is 16.6 Å². The molecule has 0 bridgehead atoms. The van der Waals surface area contributed by atoms with Crippen LogP contribution in [-0.2, 0) is 0 Å². The number of hydrogen-bond acceptors (Lipinski definition) is 2. The molecule has 4 heteroatoms. The first kappa shape index (κ1) is 11.7. The van der Waals surface area contributed by atoms with Crippen molar-refractivity contribution in [3.63, 3.8) is 0 Å². The minimum absolute atomic E-state index is 0.507. The second kappa shape index (κ2) is 5.51. The Bertz CT molecular complexity index is 194. The first-order chi connectivity index (χ1) is 6.65. The van der Waals surface area contributed by atoms with E-state index in [9.17, 15) is 0 Å². The highest BCUT2D eigenvalue weighted by Gasteiger charge is 2.27. The van der Waals surface area contributed by atoms with Crippen LogP contribution in [0.25, 0.3) is 0 Å². The third-order valence-corrected chi connectivity index (χ3v) is 3.36. The van der Waals surface area contributed by atoms with Crippen molar-refractivity contribution in [3.05, 3.63) is 0 Å². The zero-order chi connectivity index (χ0) is 10.6. The monoisotopic (exact) mass is 215 g/mol. The standard InChI is InChI=1S/C10H21N3S/c1-7(2)8-5-3-4-6-9(8)12-10(14)13-11/h7-9H,3-6,11H2,1-2H3,(H2,12,13,14). The van der Waals surface area contributed by atoms with E-state index < -0.39 is 0 Å². The molecule has 0 amide bonds. The van der Waals surface area contributed by atoms with Gasteiger partial charge in [-0.15, -0.1) is 0 Å². The van der Waals surface area contributed by atoms with Gasteiger partial charge in [0.1, 0.15) is 0 Å². The van der Waals surface area contributed by atoms with E-state index in [-0.39, 0.29) is 0 Å². The van der Waals surface area contributed by atoms with Crippen LogP contribution >= 0.6 is 12.2 Å². The van der Waals surface area contributed by atoms with Gasteiger partial charge in [0.2, 0.25) is 0 Å². The van der Waals surface area contributed by atoms with E-state index >= 15 is 0 Å². The van der Waals surface area contributed by atoms with Gasteiger partial charge in [0.25, 0.3) is 0 Å². The summed E-state index contributed by atoms with van der Waals surface area (Å²) in [5.74, 6) is 6.70. The van der Waals surface area contributed by atoms with Gasteiger partial charge in [-0.3, -0.25) is 0 Å².